The van der Waals surface area contributed by atoms with Gasteiger partial charge in [-0.2, -0.15) is 0 Å². The Bertz CT molecular complexity index is 1710. The molecule has 2 N–H and O–H groups in total. The van der Waals surface area contributed by atoms with Crippen molar-refractivity contribution in [3.63, 3.8) is 0 Å². The van der Waals surface area contributed by atoms with Crippen molar-refractivity contribution in [2.75, 3.05) is 11.9 Å². The van der Waals surface area contributed by atoms with Crippen molar-refractivity contribution in [3.8, 4) is 0 Å². The number of halogens is 4. The van der Waals surface area contributed by atoms with Crippen LogP contribution in [-0.4, -0.2) is 28.0 Å². The summed E-state index contributed by atoms with van der Waals surface area (Å²) in [6, 6.07) is 11.9. The first-order chi connectivity index (χ1) is 18.6. The van der Waals surface area contributed by atoms with E-state index in [0.717, 1.165) is 11.8 Å². The lowest BCUT2D eigenvalue weighted by Gasteiger charge is -2.46. The second-order valence-electron chi connectivity index (χ2n) is 10.0. The van der Waals surface area contributed by atoms with Gasteiger partial charge in [-0.25, -0.2) is 18.0 Å². The third kappa shape index (κ3) is 3.85. The summed E-state index contributed by atoms with van der Waals surface area (Å²) in [5.41, 5.74) is 0.714. The molecule has 0 bridgehead atoms. The smallest absolute Gasteiger partial charge is 0.338 e. The number of fused-ring (bicyclic) bond motifs is 3. The second-order valence-corrected chi connectivity index (χ2v) is 11.5. The number of carbonyl (C=O) groups excluding carboxylic acids is 1. The Labute approximate surface area is 231 Å². The Morgan fingerprint density at radius 1 is 1.13 bits per heavy atom. The molecule has 0 radical (unpaired) electrons. The van der Waals surface area contributed by atoms with Gasteiger partial charge in [0.25, 0.3) is 0 Å². The predicted octanol–water partition coefficient (Wildman–Crippen LogP) is 7.21. The molecule has 4 aromatic rings. The third-order valence-electron chi connectivity index (χ3n) is 8.08. The molecule has 0 saturated heterocycles. The monoisotopic (exact) mass is 570 g/mol. The summed E-state index contributed by atoms with van der Waals surface area (Å²) in [5.74, 6) is -3.96. The molecule has 1 saturated carbocycles. The maximum atomic E-state index is 15.4. The number of anilines is 1. The average molecular weight is 571 g/mol. The molecule has 1 fully saturated rings. The van der Waals surface area contributed by atoms with Gasteiger partial charge in [0.05, 0.1) is 22.6 Å². The zero-order valence-electron chi connectivity index (χ0n) is 20.7. The van der Waals surface area contributed by atoms with Gasteiger partial charge < -0.3 is 15.0 Å². The van der Waals surface area contributed by atoms with Crippen LogP contribution in [-0.2, 0) is 16.8 Å². The van der Waals surface area contributed by atoms with Crippen LogP contribution in [0.15, 0.2) is 58.3 Å². The number of carboxylic acids is 1. The molecule has 200 valence electrons. The molecule has 2 unspecified atom stereocenters. The van der Waals surface area contributed by atoms with Gasteiger partial charge in [-0.05, 0) is 56.2 Å². The highest BCUT2D eigenvalue weighted by molar-refractivity contribution is 7.99. The number of Topliss-reactive ketones (excluding diaryl/α,β-unsaturated/α-hetero) is 1. The molecular formula is C29H22ClF3N2O3S. The van der Waals surface area contributed by atoms with E-state index in [1.165, 1.54) is 34.9 Å². The second kappa shape index (κ2) is 9.34. The first-order valence-electron chi connectivity index (χ1n) is 12.4. The number of hydrogen-bond acceptors (Lipinski definition) is 4. The number of aromatic nitrogens is 1. The molecule has 39 heavy (non-hydrogen) atoms. The number of aromatic carboxylic acids is 1. The van der Waals surface area contributed by atoms with Crippen molar-refractivity contribution in [2.24, 2.45) is 5.92 Å². The molecule has 3 aromatic carbocycles. The van der Waals surface area contributed by atoms with Gasteiger partial charge in [0.1, 0.15) is 5.82 Å². The summed E-state index contributed by atoms with van der Waals surface area (Å²) in [5, 5.41) is 12.8. The molecule has 2 atom stereocenters. The lowest BCUT2D eigenvalue weighted by molar-refractivity contribution is -0.129. The standard InChI is InChI=1S/C29H22ClF3N2O3S/c1-14-27(39-22-7-2-4-15(24(22)32)28(37)38)16-8-9-18(30)25(33)26(16)35(14)12-21(36)17-10-11-29(17)13-34-20-6-3-5-19(31)23(20)29/h2-9,17,34H,10-13H2,1H3,(H,37,38). The Kier molecular flexibility index (Phi) is 6.19. The Hall–Kier alpha value is -3.43. The summed E-state index contributed by atoms with van der Waals surface area (Å²) in [6.45, 7) is 1.98. The van der Waals surface area contributed by atoms with Crippen LogP contribution in [0.4, 0.5) is 18.9 Å². The number of nitrogens with one attached hydrogen (secondary N) is 1. The van der Waals surface area contributed by atoms with Gasteiger partial charge in [-0.1, -0.05) is 35.5 Å². The molecule has 2 heterocycles. The lowest BCUT2D eigenvalue weighted by Crippen LogP contribution is -2.51. The zero-order valence-corrected chi connectivity index (χ0v) is 22.2. The number of carbonyl (C=O) groups is 2. The normalized spacial score (nSPS) is 19.7. The highest BCUT2D eigenvalue weighted by Crippen LogP contribution is 2.55. The summed E-state index contributed by atoms with van der Waals surface area (Å²) in [4.78, 5) is 25.7. The zero-order chi connectivity index (χ0) is 27.6. The van der Waals surface area contributed by atoms with Crippen LogP contribution < -0.4 is 5.32 Å². The SMILES string of the molecule is Cc1c(Sc2cccc(C(=O)O)c2F)c2ccc(Cl)c(F)c2n1CC(=O)C1CCC12CNc1cccc(F)c12. The van der Waals surface area contributed by atoms with E-state index in [1.54, 1.807) is 25.1 Å². The molecule has 2 aliphatic rings. The fourth-order valence-electron chi connectivity index (χ4n) is 6.07. The summed E-state index contributed by atoms with van der Waals surface area (Å²) in [7, 11) is 0. The number of ketones is 1. The fraction of sp³-hybridized carbons (Fsp3) is 0.241. The molecule has 5 nitrogen and oxygen atoms in total. The van der Waals surface area contributed by atoms with Crippen LogP contribution in [0.2, 0.25) is 5.02 Å². The number of nitrogens with zero attached hydrogens (tertiary/aromatic N) is 1. The van der Waals surface area contributed by atoms with E-state index in [9.17, 15) is 23.5 Å². The van der Waals surface area contributed by atoms with Gasteiger partial charge in [0.2, 0.25) is 0 Å². The number of rotatable bonds is 6. The molecule has 0 amide bonds. The van der Waals surface area contributed by atoms with Crippen LogP contribution in [0.25, 0.3) is 10.9 Å². The largest absolute Gasteiger partial charge is 0.478 e. The quantitative estimate of drug-likeness (QED) is 0.256. The van der Waals surface area contributed by atoms with Crippen molar-refractivity contribution in [3.05, 3.63) is 87.8 Å². The van der Waals surface area contributed by atoms with E-state index >= 15 is 4.39 Å². The van der Waals surface area contributed by atoms with E-state index in [2.05, 4.69) is 5.32 Å². The number of benzene rings is 3. The van der Waals surface area contributed by atoms with Crippen molar-refractivity contribution in [1.29, 1.82) is 0 Å². The lowest BCUT2D eigenvalue weighted by atomic mass is 9.56. The minimum Gasteiger partial charge on any atom is -0.478 e. The van der Waals surface area contributed by atoms with Gasteiger partial charge in [-0.15, -0.1) is 0 Å². The molecule has 1 aromatic heterocycles. The van der Waals surface area contributed by atoms with Gasteiger partial charge in [-0.3, -0.25) is 4.79 Å². The number of hydrogen-bond donors (Lipinski definition) is 2. The summed E-state index contributed by atoms with van der Waals surface area (Å²) in [6.07, 6.45) is 1.25. The molecule has 1 aliphatic carbocycles. The highest BCUT2D eigenvalue weighted by atomic mass is 35.5. The third-order valence-corrected chi connectivity index (χ3v) is 9.62. The van der Waals surface area contributed by atoms with Crippen molar-refractivity contribution in [1.82, 2.24) is 4.57 Å². The van der Waals surface area contributed by atoms with Gasteiger partial charge in [0.15, 0.2) is 17.4 Å². The maximum absolute atomic E-state index is 15.4. The van der Waals surface area contributed by atoms with E-state index in [1.807, 2.05) is 0 Å². The molecular weight excluding hydrogens is 549 g/mol. The Balaban J connectivity index is 1.40. The average Bonchev–Trinajstić information content (AvgIpc) is 3.41. The van der Waals surface area contributed by atoms with Crippen LogP contribution in [0.1, 0.15) is 34.5 Å². The van der Waals surface area contributed by atoms with Crippen molar-refractivity contribution >= 4 is 51.7 Å². The minimum atomic E-state index is -1.40. The van der Waals surface area contributed by atoms with Crippen LogP contribution >= 0.6 is 23.4 Å². The van der Waals surface area contributed by atoms with Crippen molar-refractivity contribution in [2.45, 2.75) is 41.5 Å². The van der Waals surface area contributed by atoms with E-state index in [0.29, 0.717) is 46.6 Å². The first-order valence-corrected chi connectivity index (χ1v) is 13.6. The van der Waals surface area contributed by atoms with E-state index in [-0.39, 0.29) is 33.6 Å². The highest BCUT2D eigenvalue weighted by Gasteiger charge is 2.55. The molecule has 1 aliphatic heterocycles. The Morgan fingerprint density at radius 3 is 2.62 bits per heavy atom. The topological polar surface area (TPSA) is 71.3 Å². The molecule has 1 spiro atoms. The Morgan fingerprint density at radius 2 is 1.90 bits per heavy atom. The summed E-state index contributed by atoms with van der Waals surface area (Å²) >= 11 is 7.08. The van der Waals surface area contributed by atoms with E-state index in [4.69, 9.17) is 11.6 Å². The molecule has 6 rings (SSSR count). The van der Waals surface area contributed by atoms with Crippen LogP contribution in [0.3, 0.4) is 0 Å². The van der Waals surface area contributed by atoms with Gasteiger partial charge in [0, 0.05) is 50.0 Å². The van der Waals surface area contributed by atoms with E-state index < -0.39 is 34.5 Å². The van der Waals surface area contributed by atoms with Crippen LogP contribution in [0, 0.1) is 30.3 Å². The fourth-order valence-corrected chi connectivity index (χ4v) is 7.32. The number of carboxylic acid groups (broad SMARTS) is 1. The molecule has 10 heteroatoms. The minimum absolute atomic E-state index is 0.0563. The van der Waals surface area contributed by atoms with Crippen molar-refractivity contribution < 1.29 is 27.9 Å². The van der Waals surface area contributed by atoms with Gasteiger partial charge >= 0.3 is 5.97 Å². The first kappa shape index (κ1) is 25.8. The van der Waals surface area contributed by atoms with Crippen LogP contribution in [0.5, 0.6) is 0 Å². The maximum Gasteiger partial charge on any atom is 0.338 e. The predicted molar refractivity (Wildman–Crippen MR) is 143 cm³/mol. The summed E-state index contributed by atoms with van der Waals surface area (Å²) < 4.78 is 46.8.